The van der Waals surface area contributed by atoms with Crippen LogP contribution in [0.2, 0.25) is 0 Å². The van der Waals surface area contributed by atoms with Crippen LogP contribution in [0.15, 0.2) is 0 Å². The quantitative estimate of drug-likeness (QED) is 0.477. The van der Waals surface area contributed by atoms with Crippen molar-refractivity contribution in [3.63, 3.8) is 0 Å². The molecule has 0 radical (unpaired) electrons. The van der Waals surface area contributed by atoms with E-state index in [4.69, 9.17) is 16.6 Å². The maximum Gasteiger partial charge on any atom is 0.326 e. The number of unbranched alkanes of at least 4 members (excludes halogenated alkanes) is 1. The van der Waals surface area contributed by atoms with Gasteiger partial charge < -0.3 is 21.9 Å². The molecule has 0 aromatic rings. The number of nitrogens with two attached hydrogens (primary N) is 2. The number of carbonyl (C=O) groups excluding carboxylic acids is 1. The van der Waals surface area contributed by atoms with Gasteiger partial charge in [0.1, 0.15) is 6.04 Å². The van der Waals surface area contributed by atoms with Gasteiger partial charge in [-0.1, -0.05) is 12.8 Å². The average Bonchev–Trinajstić information content (AvgIpc) is 2.76. The van der Waals surface area contributed by atoms with Gasteiger partial charge in [-0.05, 0) is 38.6 Å². The Morgan fingerprint density at radius 3 is 2.39 bits per heavy atom. The molecule has 1 atom stereocenters. The molecule has 0 spiro atoms. The normalized spacial score (nSPS) is 19.4. The molecule has 6 heteroatoms. The molecule has 6 N–H and O–H groups in total. The molecule has 1 amide bonds. The molecule has 1 aliphatic rings. The second-order valence-electron chi connectivity index (χ2n) is 5.01. The third-order valence-corrected chi connectivity index (χ3v) is 3.50. The van der Waals surface area contributed by atoms with Gasteiger partial charge in [0.25, 0.3) is 0 Å². The van der Waals surface area contributed by atoms with Crippen molar-refractivity contribution < 1.29 is 14.7 Å². The Hall–Kier alpha value is -1.14. The minimum Gasteiger partial charge on any atom is -0.480 e. The highest BCUT2D eigenvalue weighted by Gasteiger charge is 2.38. The van der Waals surface area contributed by atoms with Gasteiger partial charge in [-0.15, -0.1) is 0 Å². The zero-order valence-electron chi connectivity index (χ0n) is 10.7. The molecule has 1 fully saturated rings. The summed E-state index contributed by atoms with van der Waals surface area (Å²) in [6, 6.07) is -0.856. The van der Waals surface area contributed by atoms with Crippen molar-refractivity contribution in [2.75, 3.05) is 6.54 Å². The first-order chi connectivity index (χ1) is 8.49. The number of carbonyl (C=O) groups is 2. The Kier molecular flexibility index (Phi) is 5.55. The van der Waals surface area contributed by atoms with Crippen LogP contribution in [0.3, 0.4) is 0 Å². The molecule has 6 nitrogen and oxygen atoms in total. The summed E-state index contributed by atoms with van der Waals surface area (Å²) in [4.78, 5) is 23.1. The first kappa shape index (κ1) is 14.9. The lowest BCUT2D eigenvalue weighted by atomic mass is 9.97. The molecule has 0 aliphatic heterocycles. The largest absolute Gasteiger partial charge is 0.480 e. The molecule has 0 aromatic heterocycles. The number of carboxylic acids is 1. The number of amides is 1. The van der Waals surface area contributed by atoms with E-state index in [1.807, 2.05) is 0 Å². The summed E-state index contributed by atoms with van der Waals surface area (Å²) in [6.07, 6.45) is 4.96. The highest BCUT2D eigenvalue weighted by atomic mass is 16.4. The standard InChI is InChI=1S/C12H23N3O3/c13-8-4-1-5-9(10(16)17)15-11(18)12(14)6-2-3-7-12/h9H,1-8,13-14H2,(H,15,18)(H,16,17). The Balaban J connectivity index is 2.49. The number of nitrogens with one attached hydrogen (secondary N) is 1. The summed E-state index contributed by atoms with van der Waals surface area (Å²) < 4.78 is 0. The van der Waals surface area contributed by atoms with E-state index in [9.17, 15) is 9.59 Å². The van der Waals surface area contributed by atoms with Crippen molar-refractivity contribution in [3.8, 4) is 0 Å². The van der Waals surface area contributed by atoms with Gasteiger partial charge in [0, 0.05) is 0 Å². The first-order valence-electron chi connectivity index (χ1n) is 6.52. The number of rotatable bonds is 7. The molecule has 1 saturated carbocycles. The smallest absolute Gasteiger partial charge is 0.326 e. The van der Waals surface area contributed by atoms with E-state index < -0.39 is 17.6 Å². The molecule has 0 saturated heterocycles. The fourth-order valence-corrected chi connectivity index (χ4v) is 2.29. The van der Waals surface area contributed by atoms with E-state index in [0.717, 1.165) is 19.3 Å². The summed E-state index contributed by atoms with van der Waals surface area (Å²) in [6.45, 7) is 0.529. The summed E-state index contributed by atoms with van der Waals surface area (Å²) in [5, 5.41) is 11.6. The van der Waals surface area contributed by atoms with E-state index in [2.05, 4.69) is 5.32 Å². The fraction of sp³-hybridized carbons (Fsp3) is 0.833. The maximum atomic E-state index is 12.0. The predicted molar refractivity (Wildman–Crippen MR) is 67.9 cm³/mol. The van der Waals surface area contributed by atoms with Gasteiger partial charge >= 0.3 is 5.97 Å². The third-order valence-electron chi connectivity index (χ3n) is 3.50. The van der Waals surface area contributed by atoms with Gasteiger partial charge in [0.05, 0.1) is 5.54 Å². The zero-order chi connectivity index (χ0) is 13.6. The lowest BCUT2D eigenvalue weighted by Gasteiger charge is -2.25. The van der Waals surface area contributed by atoms with Gasteiger partial charge in [-0.2, -0.15) is 0 Å². The van der Waals surface area contributed by atoms with E-state index in [1.54, 1.807) is 0 Å². The Morgan fingerprint density at radius 1 is 1.28 bits per heavy atom. The van der Waals surface area contributed by atoms with Crippen LogP contribution in [-0.2, 0) is 9.59 Å². The maximum absolute atomic E-state index is 12.0. The van der Waals surface area contributed by atoms with Crippen LogP contribution < -0.4 is 16.8 Å². The van der Waals surface area contributed by atoms with Crippen LogP contribution in [0, 0.1) is 0 Å². The van der Waals surface area contributed by atoms with Crippen molar-refractivity contribution in [2.45, 2.75) is 56.5 Å². The van der Waals surface area contributed by atoms with Crippen LogP contribution in [0.4, 0.5) is 0 Å². The van der Waals surface area contributed by atoms with Crippen molar-refractivity contribution in [1.29, 1.82) is 0 Å². The van der Waals surface area contributed by atoms with Crippen molar-refractivity contribution in [2.24, 2.45) is 11.5 Å². The number of hydrogen-bond acceptors (Lipinski definition) is 4. The van der Waals surface area contributed by atoms with Crippen LogP contribution >= 0.6 is 0 Å². The molecule has 18 heavy (non-hydrogen) atoms. The van der Waals surface area contributed by atoms with E-state index >= 15 is 0 Å². The second kappa shape index (κ2) is 6.70. The van der Waals surface area contributed by atoms with Crippen LogP contribution in [0.5, 0.6) is 0 Å². The summed E-state index contributed by atoms with van der Waals surface area (Å²) >= 11 is 0. The summed E-state index contributed by atoms with van der Waals surface area (Å²) in [5.41, 5.74) is 10.5. The summed E-state index contributed by atoms with van der Waals surface area (Å²) in [5.74, 6) is -1.35. The van der Waals surface area contributed by atoms with E-state index in [1.165, 1.54) is 0 Å². The molecule has 0 bridgehead atoms. The van der Waals surface area contributed by atoms with Gasteiger partial charge in [-0.25, -0.2) is 4.79 Å². The van der Waals surface area contributed by atoms with Crippen molar-refractivity contribution >= 4 is 11.9 Å². The number of carboxylic acid groups (broad SMARTS) is 1. The molecule has 104 valence electrons. The lowest BCUT2D eigenvalue weighted by Crippen LogP contribution is -2.56. The van der Waals surface area contributed by atoms with Gasteiger partial charge in [0.2, 0.25) is 5.91 Å². The molecule has 0 heterocycles. The molecule has 1 aliphatic carbocycles. The average molecular weight is 257 g/mol. The first-order valence-corrected chi connectivity index (χ1v) is 6.52. The van der Waals surface area contributed by atoms with Crippen LogP contribution in [-0.4, -0.2) is 35.1 Å². The van der Waals surface area contributed by atoms with Crippen molar-refractivity contribution in [1.82, 2.24) is 5.32 Å². The third kappa shape index (κ3) is 3.96. The highest BCUT2D eigenvalue weighted by molar-refractivity contribution is 5.90. The molecule has 0 aromatic carbocycles. The Bertz CT molecular complexity index is 301. The zero-order valence-corrected chi connectivity index (χ0v) is 10.7. The molecular formula is C12H23N3O3. The minimum absolute atomic E-state index is 0.333. The topological polar surface area (TPSA) is 118 Å². The Morgan fingerprint density at radius 2 is 1.89 bits per heavy atom. The molecule has 1 rings (SSSR count). The molecular weight excluding hydrogens is 234 g/mol. The highest BCUT2D eigenvalue weighted by Crippen LogP contribution is 2.27. The minimum atomic E-state index is -1.01. The van der Waals surface area contributed by atoms with Crippen LogP contribution in [0.1, 0.15) is 44.9 Å². The Labute approximate surface area is 107 Å². The predicted octanol–water partition coefficient (Wildman–Crippen LogP) is -0.0437. The SMILES string of the molecule is NCCCCC(NC(=O)C1(N)CCCC1)C(=O)O. The second-order valence-corrected chi connectivity index (χ2v) is 5.01. The van der Waals surface area contributed by atoms with E-state index in [0.29, 0.717) is 32.2 Å². The van der Waals surface area contributed by atoms with Crippen molar-refractivity contribution in [3.05, 3.63) is 0 Å². The van der Waals surface area contributed by atoms with Gasteiger partial charge in [-0.3, -0.25) is 4.79 Å². The summed E-state index contributed by atoms with van der Waals surface area (Å²) in [7, 11) is 0. The van der Waals surface area contributed by atoms with Crippen LogP contribution in [0.25, 0.3) is 0 Å². The molecule has 1 unspecified atom stereocenters. The van der Waals surface area contributed by atoms with Gasteiger partial charge in [0.15, 0.2) is 0 Å². The fourth-order valence-electron chi connectivity index (χ4n) is 2.29. The number of hydrogen-bond donors (Lipinski definition) is 4. The number of aliphatic carboxylic acids is 1. The lowest BCUT2D eigenvalue weighted by molar-refractivity contribution is -0.142. The monoisotopic (exact) mass is 257 g/mol. The van der Waals surface area contributed by atoms with E-state index in [-0.39, 0.29) is 5.91 Å².